The molecule has 1 aromatic carbocycles. The molecule has 3 heteroatoms. The lowest BCUT2D eigenvalue weighted by Gasteiger charge is -2.00. The summed E-state index contributed by atoms with van der Waals surface area (Å²) in [7, 11) is 1.78. The second-order valence-electron chi connectivity index (χ2n) is 4.46. The van der Waals surface area contributed by atoms with Gasteiger partial charge < -0.3 is 15.1 Å². The van der Waals surface area contributed by atoms with Gasteiger partial charge in [-0.05, 0) is 45.0 Å². The summed E-state index contributed by atoms with van der Waals surface area (Å²) in [6.07, 6.45) is 3.84. The van der Waals surface area contributed by atoms with Crippen molar-refractivity contribution in [3.05, 3.63) is 35.5 Å². The van der Waals surface area contributed by atoms with E-state index in [0.717, 1.165) is 12.7 Å². The number of likely N-dealkylation sites (N-methyl/N-ethyl adjacent to an activating group) is 1. The fourth-order valence-corrected chi connectivity index (χ4v) is 1.74. The molecule has 0 radical (unpaired) electrons. The third-order valence-electron chi connectivity index (χ3n) is 3.02. The molecule has 0 aliphatic heterocycles. The standard InChI is InChI=1S/C10H11N.C5H11NO/c1-7-3-4-10-9(5-7)8(2)6-11-10;1-3-5(4-7)6-2/h3-6,11H,1-2H3;4-6H,3H2,1-2H3. The van der Waals surface area contributed by atoms with Gasteiger partial charge in [-0.3, -0.25) is 0 Å². The molecule has 1 heterocycles. The van der Waals surface area contributed by atoms with E-state index in [4.69, 9.17) is 0 Å². The molecule has 0 fully saturated rings. The number of rotatable bonds is 3. The normalized spacial score (nSPS) is 11.8. The van der Waals surface area contributed by atoms with Gasteiger partial charge in [-0.25, -0.2) is 0 Å². The average Bonchev–Trinajstić information content (AvgIpc) is 2.74. The number of fused-ring (bicyclic) bond motifs is 1. The van der Waals surface area contributed by atoms with E-state index >= 15 is 0 Å². The highest BCUT2D eigenvalue weighted by molar-refractivity contribution is 5.83. The van der Waals surface area contributed by atoms with Crippen LogP contribution in [-0.4, -0.2) is 24.4 Å². The van der Waals surface area contributed by atoms with Gasteiger partial charge in [-0.15, -0.1) is 0 Å². The van der Waals surface area contributed by atoms with Crippen molar-refractivity contribution in [3.8, 4) is 0 Å². The van der Waals surface area contributed by atoms with Crippen molar-refractivity contribution < 1.29 is 4.79 Å². The van der Waals surface area contributed by atoms with Crippen molar-refractivity contribution >= 4 is 17.2 Å². The molecule has 2 aromatic rings. The molecule has 0 saturated heterocycles. The molecule has 0 bridgehead atoms. The highest BCUT2D eigenvalue weighted by atomic mass is 16.1. The van der Waals surface area contributed by atoms with Crippen LogP contribution in [-0.2, 0) is 4.79 Å². The zero-order chi connectivity index (χ0) is 13.5. The topological polar surface area (TPSA) is 44.9 Å². The molecule has 2 rings (SSSR count). The summed E-state index contributed by atoms with van der Waals surface area (Å²) >= 11 is 0. The molecule has 2 N–H and O–H groups in total. The summed E-state index contributed by atoms with van der Waals surface area (Å²) < 4.78 is 0. The maximum Gasteiger partial charge on any atom is 0.136 e. The minimum atomic E-state index is 0.0556. The number of aryl methyl sites for hydroxylation is 2. The number of H-pyrrole nitrogens is 1. The van der Waals surface area contributed by atoms with E-state index < -0.39 is 0 Å². The molecule has 0 aliphatic carbocycles. The van der Waals surface area contributed by atoms with Crippen molar-refractivity contribution in [3.63, 3.8) is 0 Å². The van der Waals surface area contributed by atoms with E-state index in [1.807, 2.05) is 13.1 Å². The van der Waals surface area contributed by atoms with Gasteiger partial charge in [0.2, 0.25) is 0 Å². The average molecular weight is 246 g/mol. The number of aldehydes is 1. The zero-order valence-electron chi connectivity index (χ0n) is 11.6. The van der Waals surface area contributed by atoms with Crippen molar-refractivity contribution in [2.45, 2.75) is 33.2 Å². The predicted molar refractivity (Wildman–Crippen MR) is 77.0 cm³/mol. The Hall–Kier alpha value is -1.61. The van der Waals surface area contributed by atoms with Crippen LogP contribution in [0.5, 0.6) is 0 Å². The third kappa shape index (κ3) is 3.70. The Balaban J connectivity index is 0.000000203. The van der Waals surface area contributed by atoms with Crippen LogP contribution in [0.4, 0.5) is 0 Å². The lowest BCUT2D eigenvalue weighted by Crippen LogP contribution is -2.25. The van der Waals surface area contributed by atoms with Crippen LogP contribution in [0.15, 0.2) is 24.4 Å². The lowest BCUT2D eigenvalue weighted by molar-refractivity contribution is -0.109. The van der Waals surface area contributed by atoms with Gasteiger partial charge in [0.15, 0.2) is 0 Å². The molecule has 0 saturated carbocycles. The maximum atomic E-state index is 9.90. The number of benzene rings is 1. The molecule has 3 nitrogen and oxygen atoms in total. The van der Waals surface area contributed by atoms with Crippen LogP contribution in [0.3, 0.4) is 0 Å². The van der Waals surface area contributed by atoms with Gasteiger partial charge in [0.05, 0.1) is 6.04 Å². The predicted octanol–water partition coefficient (Wildman–Crippen LogP) is 2.97. The van der Waals surface area contributed by atoms with E-state index in [1.165, 1.54) is 22.0 Å². The lowest BCUT2D eigenvalue weighted by atomic mass is 10.1. The third-order valence-corrected chi connectivity index (χ3v) is 3.02. The smallest absolute Gasteiger partial charge is 0.136 e. The van der Waals surface area contributed by atoms with E-state index in [1.54, 1.807) is 7.05 Å². The Bertz CT molecular complexity index is 498. The van der Waals surface area contributed by atoms with Gasteiger partial charge in [0.25, 0.3) is 0 Å². The zero-order valence-corrected chi connectivity index (χ0v) is 11.6. The summed E-state index contributed by atoms with van der Waals surface area (Å²) in [5, 5.41) is 4.17. The Labute approximate surface area is 109 Å². The SMILES string of the molecule is CCC(C=O)NC.Cc1ccc2[nH]cc(C)c2c1. The molecule has 0 aliphatic rings. The van der Waals surface area contributed by atoms with Gasteiger partial charge in [0, 0.05) is 17.1 Å². The molecule has 1 unspecified atom stereocenters. The summed E-state index contributed by atoms with van der Waals surface area (Å²) in [5.41, 5.74) is 3.87. The van der Waals surface area contributed by atoms with E-state index in [9.17, 15) is 4.79 Å². The largest absolute Gasteiger partial charge is 0.361 e. The van der Waals surface area contributed by atoms with Crippen LogP contribution >= 0.6 is 0 Å². The minimum absolute atomic E-state index is 0.0556. The maximum absolute atomic E-state index is 9.90. The van der Waals surface area contributed by atoms with Crippen molar-refractivity contribution in [2.75, 3.05) is 7.05 Å². The Morgan fingerprint density at radius 1 is 1.39 bits per heavy atom. The van der Waals surface area contributed by atoms with Crippen molar-refractivity contribution in [1.82, 2.24) is 10.3 Å². The van der Waals surface area contributed by atoms with Gasteiger partial charge in [0.1, 0.15) is 6.29 Å². The first-order valence-corrected chi connectivity index (χ1v) is 6.29. The number of carbonyl (C=O) groups excluding carboxylic acids is 1. The Kier molecular flexibility index (Phi) is 5.59. The summed E-state index contributed by atoms with van der Waals surface area (Å²) in [6, 6.07) is 6.51. The molecular formula is C15H22N2O. The second-order valence-corrected chi connectivity index (χ2v) is 4.46. The Morgan fingerprint density at radius 3 is 2.61 bits per heavy atom. The number of hydrogen-bond donors (Lipinski definition) is 2. The number of aromatic nitrogens is 1. The Morgan fingerprint density at radius 2 is 2.11 bits per heavy atom. The summed E-state index contributed by atoms with van der Waals surface area (Å²) in [4.78, 5) is 13.1. The first-order chi connectivity index (χ1) is 8.62. The van der Waals surface area contributed by atoms with E-state index in [0.29, 0.717) is 0 Å². The summed E-state index contributed by atoms with van der Waals surface area (Å²) in [5.74, 6) is 0. The van der Waals surface area contributed by atoms with Crippen molar-refractivity contribution in [2.24, 2.45) is 0 Å². The van der Waals surface area contributed by atoms with Crippen LogP contribution in [0.25, 0.3) is 10.9 Å². The molecular weight excluding hydrogens is 224 g/mol. The van der Waals surface area contributed by atoms with Crippen LogP contribution in [0.1, 0.15) is 24.5 Å². The molecule has 0 amide bonds. The molecule has 1 aromatic heterocycles. The first-order valence-electron chi connectivity index (χ1n) is 6.29. The van der Waals surface area contributed by atoms with Gasteiger partial charge in [-0.2, -0.15) is 0 Å². The quantitative estimate of drug-likeness (QED) is 0.818. The molecule has 0 spiro atoms. The number of nitrogens with one attached hydrogen (secondary N) is 2. The number of hydrogen-bond acceptors (Lipinski definition) is 2. The second kappa shape index (κ2) is 6.97. The fraction of sp³-hybridized carbons (Fsp3) is 0.400. The van der Waals surface area contributed by atoms with Gasteiger partial charge in [-0.1, -0.05) is 18.6 Å². The summed E-state index contributed by atoms with van der Waals surface area (Å²) in [6.45, 7) is 6.21. The van der Waals surface area contributed by atoms with E-state index in [2.05, 4.69) is 42.3 Å². The molecule has 18 heavy (non-hydrogen) atoms. The highest BCUT2D eigenvalue weighted by Gasteiger charge is 1.97. The van der Waals surface area contributed by atoms with Crippen LogP contribution < -0.4 is 5.32 Å². The van der Waals surface area contributed by atoms with E-state index in [-0.39, 0.29) is 6.04 Å². The first kappa shape index (κ1) is 14.5. The number of carbonyl (C=O) groups is 1. The van der Waals surface area contributed by atoms with Gasteiger partial charge >= 0.3 is 0 Å². The van der Waals surface area contributed by atoms with Crippen molar-refractivity contribution in [1.29, 1.82) is 0 Å². The van der Waals surface area contributed by atoms with Crippen LogP contribution in [0, 0.1) is 13.8 Å². The molecule has 98 valence electrons. The number of aromatic amines is 1. The monoisotopic (exact) mass is 246 g/mol. The molecule has 1 atom stereocenters. The highest BCUT2D eigenvalue weighted by Crippen LogP contribution is 2.17. The fourth-order valence-electron chi connectivity index (χ4n) is 1.74. The van der Waals surface area contributed by atoms with Crippen LogP contribution in [0.2, 0.25) is 0 Å². The minimum Gasteiger partial charge on any atom is -0.361 e.